The SMILES string of the molecule is CC1=C(CCN2CCc3nc(C4CCCCC4)ncc3C2)C(C)(C)CCC1. The summed E-state index contributed by atoms with van der Waals surface area (Å²) < 4.78 is 0. The van der Waals surface area contributed by atoms with Crippen molar-refractivity contribution in [3.05, 3.63) is 34.4 Å². The molecule has 0 radical (unpaired) electrons. The molecule has 0 aromatic carbocycles. The fourth-order valence-corrected chi connectivity index (χ4v) is 5.64. The summed E-state index contributed by atoms with van der Waals surface area (Å²) in [5.74, 6) is 1.75. The molecule has 1 saturated carbocycles. The third-order valence-corrected chi connectivity index (χ3v) is 7.37. The highest BCUT2D eigenvalue weighted by Crippen LogP contribution is 2.42. The van der Waals surface area contributed by atoms with Gasteiger partial charge in [-0.1, -0.05) is 44.3 Å². The molecule has 3 heteroatoms. The van der Waals surface area contributed by atoms with Gasteiger partial charge in [0.1, 0.15) is 5.82 Å². The fraction of sp³-hybridized carbons (Fsp3) is 0.750. The second-order valence-corrected chi connectivity index (χ2v) is 9.81. The monoisotopic (exact) mass is 367 g/mol. The molecular formula is C24H37N3. The summed E-state index contributed by atoms with van der Waals surface area (Å²) in [6, 6.07) is 0. The molecule has 4 rings (SSSR count). The van der Waals surface area contributed by atoms with Crippen molar-refractivity contribution in [2.75, 3.05) is 13.1 Å². The molecule has 3 nitrogen and oxygen atoms in total. The van der Waals surface area contributed by atoms with E-state index in [2.05, 4.69) is 31.9 Å². The number of nitrogens with zero attached hydrogens (tertiary/aromatic N) is 3. The molecule has 2 heterocycles. The molecule has 0 N–H and O–H groups in total. The van der Waals surface area contributed by atoms with E-state index in [0.717, 1.165) is 25.3 Å². The van der Waals surface area contributed by atoms with Crippen molar-refractivity contribution in [3.63, 3.8) is 0 Å². The van der Waals surface area contributed by atoms with Crippen LogP contribution in [0.2, 0.25) is 0 Å². The maximum absolute atomic E-state index is 5.01. The van der Waals surface area contributed by atoms with Crippen LogP contribution < -0.4 is 0 Å². The zero-order valence-electron chi connectivity index (χ0n) is 17.7. The maximum Gasteiger partial charge on any atom is 0.131 e. The highest BCUT2D eigenvalue weighted by molar-refractivity contribution is 5.24. The molecule has 3 aliphatic rings. The Morgan fingerprint density at radius 3 is 2.70 bits per heavy atom. The van der Waals surface area contributed by atoms with Crippen LogP contribution >= 0.6 is 0 Å². The molecule has 148 valence electrons. The third kappa shape index (κ3) is 4.29. The highest BCUT2D eigenvalue weighted by atomic mass is 15.1. The van der Waals surface area contributed by atoms with Crippen molar-refractivity contribution in [1.29, 1.82) is 0 Å². The largest absolute Gasteiger partial charge is 0.298 e. The van der Waals surface area contributed by atoms with Crippen molar-refractivity contribution >= 4 is 0 Å². The van der Waals surface area contributed by atoms with E-state index in [4.69, 9.17) is 9.97 Å². The lowest BCUT2D eigenvalue weighted by Gasteiger charge is -2.36. The van der Waals surface area contributed by atoms with Crippen molar-refractivity contribution in [3.8, 4) is 0 Å². The van der Waals surface area contributed by atoms with Gasteiger partial charge in [-0.05, 0) is 50.9 Å². The molecule has 0 unspecified atom stereocenters. The van der Waals surface area contributed by atoms with E-state index in [1.165, 1.54) is 75.6 Å². The van der Waals surface area contributed by atoms with E-state index < -0.39 is 0 Å². The first-order valence-electron chi connectivity index (χ1n) is 11.3. The van der Waals surface area contributed by atoms with Gasteiger partial charge in [-0.2, -0.15) is 0 Å². The Kier molecular flexibility index (Phi) is 5.68. The number of aromatic nitrogens is 2. The van der Waals surface area contributed by atoms with Crippen molar-refractivity contribution in [2.45, 2.75) is 97.4 Å². The lowest BCUT2D eigenvalue weighted by atomic mass is 9.71. The van der Waals surface area contributed by atoms with E-state index in [1.807, 2.05) is 0 Å². The van der Waals surface area contributed by atoms with E-state index in [9.17, 15) is 0 Å². The van der Waals surface area contributed by atoms with E-state index in [-0.39, 0.29) is 0 Å². The van der Waals surface area contributed by atoms with Gasteiger partial charge >= 0.3 is 0 Å². The van der Waals surface area contributed by atoms with Crippen LogP contribution in [0.1, 0.15) is 102 Å². The molecule has 0 bridgehead atoms. The average molecular weight is 368 g/mol. The van der Waals surface area contributed by atoms with E-state index in [0.29, 0.717) is 11.3 Å². The van der Waals surface area contributed by atoms with Crippen molar-refractivity contribution < 1.29 is 0 Å². The lowest BCUT2D eigenvalue weighted by Crippen LogP contribution is -2.34. The lowest BCUT2D eigenvalue weighted by molar-refractivity contribution is 0.242. The average Bonchev–Trinajstić information content (AvgIpc) is 2.67. The first kappa shape index (κ1) is 19.1. The zero-order chi connectivity index (χ0) is 18.9. The highest BCUT2D eigenvalue weighted by Gasteiger charge is 2.29. The quantitative estimate of drug-likeness (QED) is 0.630. The molecule has 2 aliphatic carbocycles. The van der Waals surface area contributed by atoms with Gasteiger partial charge < -0.3 is 0 Å². The normalized spacial score (nSPS) is 24.1. The van der Waals surface area contributed by atoms with E-state index >= 15 is 0 Å². The Morgan fingerprint density at radius 2 is 1.93 bits per heavy atom. The Balaban J connectivity index is 1.38. The molecule has 1 aromatic heterocycles. The van der Waals surface area contributed by atoms with E-state index in [1.54, 1.807) is 11.1 Å². The van der Waals surface area contributed by atoms with Crippen LogP contribution in [0.4, 0.5) is 0 Å². The summed E-state index contributed by atoms with van der Waals surface area (Å²) in [5, 5.41) is 0. The van der Waals surface area contributed by atoms with Crippen LogP contribution in [0, 0.1) is 5.41 Å². The van der Waals surface area contributed by atoms with Crippen LogP contribution in [0.25, 0.3) is 0 Å². The molecule has 1 aromatic rings. The summed E-state index contributed by atoms with van der Waals surface area (Å²) in [4.78, 5) is 12.4. The molecule has 27 heavy (non-hydrogen) atoms. The van der Waals surface area contributed by atoms with Crippen LogP contribution in [0.15, 0.2) is 17.3 Å². The Morgan fingerprint density at radius 1 is 1.11 bits per heavy atom. The summed E-state index contributed by atoms with van der Waals surface area (Å²) in [6.45, 7) is 10.6. The van der Waals surface area contributed by atoms with Crippen LogP contribution in [0.5, 0.6) is 0 Å². The first-order valence-corrected chi connectivity index (χ1v) is 11.3. The summed E-state index contributed by atoms with van der Waals surface area (Å²) in [6.07, 6.45) is 15.2. The Labute approximate surface area is 165 Å². The number of hydrogen-bond acceptors (Lipinski definition) is 3. The minimum atomic E-state index is 0.397. The fourth-order valence-electron chi connectivity index (χ4n) is 5.64. The Bertz CT molecular complexity index is 698. The van der Waals surface area contributed by atoms with Gasteiger partial charge in [0.25, 0.3) is 0 Å². The van der Waals surface area contributed by atoms with Gasteiger partial charge in [0.2, 0.25) is 0 Å². The van der Waals surface area contributed by atoms with Gasteiger partial charge in [0.15, 0.2) is 0 Å². The molecule has 1 aliphatic heterocycles. The summed E-state index contributed by atoms with van der Waals surface area (Å²) in [7, 11) is 0. The minimum Gasteiger partial charge on any atom is -0.298 e. The number of allylic oxidation sites excluding steroid dienone is 1. The second kappa shape index (κ2) is 8.03. The summed E-state index contributed by atoms with van der Waals surface area (Å²) >= 11 is 0. The molecule has 0 amide bonds. The van der Waals surface area contributed by atoms with Gasteiger partial charge in [-0.3, -0.25) is 4.90 Å². The van der Waals surface area contributed by atoms with Crippen LogP contribution in [-0.2, 0) is 13.0 Å². The topological polar surface area (TPSA) is 29.0 Å². The second-order valence-electron chi connectivity index (χ2n) is 9.81. The van der Waals surface area contributed by atoms with Gasteiger partial charge in [0, 0.05) is 49.4 Å². The maximum atomic E-state index is 5.01. The first-order chi connectivity index (χ1) is 13.0. The minimum absolute atomic E-state index is 0.397. The number of fused-ring (bicyclic) bond motifs is 1. The van der Waals surface area contributed by atoms with Crippen LogP contribution in [0.3, 0.4) is 0 Å². The molecule has 1 fully saturated rings. The standard InChI is InChI=1S/C24H37N3/c1-18-8-7-13-24(2,3)21(18)11-14-27-15-12-22-20(17-27)16-25-23(26-22)19-9-5-4-6-10-19/h16,19H,4-15,17H2,1-3H3. The number of rotatable bonds is 4. The molecule has 0 spiro atoms. The Hall–Kier alpha value is -1.22. The van der Waals surface area contributed by atoms with Gasteiger partial charge in [0.05, 0.1) is 0 Å². The molecule has 0 atom stereocenters. The third-order valence-electron chi connectivity index (χ3n) is 7.37. The van der Waals surface area contributed by atoms with Gasteiger partial charge in [-0.15, -0.1) is 0 Å². The zero-order valence-corrected chi connectivity index (χ0v) is 17.7. The van der Waals surface area contributed by atoms with Crippen molar-refractivity contribution in [1.82, 2.24) is 14.9 Å². The molecular weight excluding hydrogens is 330 g/mol. The van der Waals surface area contributed by atoms with Gasteiger partial charge in [-0.25, -0.2) is 9.97 Å². The van der Waals surface area contributed by atoms with Crippen molar-refractivity contribution in [2.24, 2.45) is 5.41 Å². The molecule has 0 saturated heterocycles. The number of hydrogen-bond donors (Lipinski definition) is 0. The predicted octanol–water partition coefficient (Wildman–Crippen LogP) is 5.80. The predicted molar refractivity (Wildman–Crippen MR) is 112 cm³/mol. The smallest absolute Gasteiger partial charge is 0.131 e. The van der Waals surface area contributed by atoms with Crippen LogP contribution in [-0.4, -0.2) is 28.0 Å². The summed E-state index contributed by atoms with van der Waals surface area (Å²) in [5.41, 5.74) is 6.48.